The summed E-state index contributed by atoms with van der Waals surface area (Å²) in [6, 6.07) is 10.3. The number of amides is 1. The number of benzene rings is 2. The van der Waals surface area contributed by atoms with Crippen LogP contribution in [0.3, 0.4) is 0 Å². The summed E-state index contributed by atoms with van der Waals surface area (Å²) in [5.74, 6) is 0.467. The molecule has 0 radical (unpaired) electrons. The smallest absolute Gasteiger partial charge is 0.259 e. The molecule has 2 aromatic carbocycles. The minimum absolute atomic E-state index is 0.108. The fourth-order valence-electron chi connectivity index (χ4n) is 3.87. The van der Waals surface area contributed by atoms with Gasteiger partial charge in [0.1, 0.15) is 10.6 Å². The maximum Gasteiger partial charge on any atom is 0.259 e. The molecule has 1 N–H and O–H groups in total. The first-order valence-corrected chi connectivity index (χ1v) is 11.8. The number of carbonyl (C=O) groups excluding carboxylic acids is 1. The van der Waals surface area contributed by atoms with Gasteiger partial charge in [-0.1, -0.05) is 12.1 Å². The van der Waals surface area contributed by atoms with Crippen LogP contribution in [-0.4, -0.2) is 59.0 Å². The van der Waals surface area contributed by atoms with Gasteiger partial charge in [0.2, 0.25) is 10.0 Å². The molecule has 1 saturated heterocycles. The lowest BCUT2D eigenvalue weighted by Crippen LogP contribution is -2.34. The molecule has 2 aliphatic rings. The number of para-hydroxylation sites is 2. The molecule has 4 rings (SSSR count). The molecule has 0 aliphatic carbocycles. The third kappa shape index (κ3) is 4.26. The number of carbonyl (C=O) groups is 1. The fourth-order valence-corrected chi connectivity index (χ4v) is 5.24. The lowest BCUT2D eigenvalue weighted by molar-refractivity contribution is 0.102. The number of fused-ring (bicyclic) bond motifs is 2. The van der Waals surface area contributed by atoms with Crippen LogP contribution >= 0.6 is 0 Å². The van der Waals surface area contributed by atoms with E-state index in [1.165, 1.54) is 24.5 Å². The monoisotopic (exact) mass is 445 g/mol. The maximum absolute atomic E-state index is 13.5. The molecule has 166 valence electrons. The van der Waals surface area contributed by atoms with Crippen molar-refractivity contribution in [3.05, 3.63) is 42.0 Å². The number of piperidine rings is 1. The van der Waals surface area contributed by atoms with Crippen molar-refractivity contribution in [1.29, 1.82) is 0 Å². The molecular formula is C22H27N3O5S. The Balaban J connectivity index is 1.85. The van der Waals surface area contributed by atoms with E-state index in [0.717, 1.165) is 32.4 Å². The number of ether oxygens (including phenoxy) is 2. The van der Waals surface area contributed by atoms with Gasteiger partial charge in [-0.15, -0.1) is 0 Å². The summed E-state index contributed by atoms with van der Waals surface area (Å²) in [5, 5.41) is 2.81. The van der Waals surface area contributed by atoms with Gasteiger partial charge in [0, 0.05) is 39.9 Å². The quantitative estimate of drug-likeness (QED) is 0.734. The summed E-state index contributed by atoms with van der Waals surface area (Å²) in [4.78, 5) is 15.1. The number of nitrogens with zero attached hydrogens (tertiary/aromatic N) is 2. The largest absolute Gasteiger partial charge is 0.454 e. The van der Waals surface area contributed by atoms with E-state index in [2.05, 4.69) is 10.2 Å². The van der Waals surface area contributed by atoms with Crippen LogP contribution in [0.4, 0.5) is 11.4 Å². The van der Waals surface area contributed by atoms with Crippen LogP contribution in [-0.2, 0) is 14.8 Å². The molecule has 0 atom stereocenters. The van der Waals surface area contributed by atoms with E-state index in [-0.39, 0.29) is 23.6 Å². The zero-order valence-electron chi connectivity index (χ0n) is 17.8. The number of nitrogens with one attached hydrogen (secondary N) is 1. The minimum atomic E-state index is -3.85. The molecule has 0 bridgehead atoms. The molecule has 9 heteroatoms. The topological polar surface area (TPSA) is 88.2 Å². The molecule has 0 aromatic heterocycles. The van der Waals surface area contributed by atoms with Crippen LogP contribution in [0, 0.1) is 0 Å². The number of anilines is 2. The Bertz CT molecular complexity index is 1080. The van der Waals surface area contributed by atoms with Crippen LogP contribution in [0.1, 0.15) is 29.6 Å². The van der Waals surface area contributed by atoms with Gasteiger partial charge in [-0.3, -0.25) is 4.79 Å². The normalized spacial score (nSPS) is 16.2. The average Bonchev–Trinajstić information content (AvgIpc) is 2.92. The first-order valence-electron chi connectivity index (χ1n) is 10.4. The van der Waals surface area contributed by atoms with Crippen molar-refractivity contribution in [1.82, 2.24) is 4.31 Å². The SMILES string of the molecule is COCCN(C)S(=O)(=O)c1cc2c(cc1N1CCCCC1)Oc1ccccc1NC2=O. The van der Waals surface area contributed by atoms with E-state index in [4.69, 9.17) is 9.47 Å². The second-order valence-corrected chi connectivity index (χ2v) is 9.75. The third-order valence-electron chi connectivity index (χ3n) is 5.66. The van der Waals surface area contributed by atoms with E-state index in [1.807, 2.05) is 6.07 Å². The third-order valence-corrected chi connectivity index (χ3v) is 7.54. The van der Waals surface area contributed by atoms with Gasteiger partial charge >= 0.3 is 0 Å². The Morgan fingerprint density at radius 3 is 2.61 bits per heavy atom. The van der Waals surface area contributed by atoms with Crippen molar-refractivity contribution in [2.24, 2.45) is 0 Å². The standard InChI is InChI=1S/C22H27N3O5S/c1-24(12-13-29-2)31(27,28)21-14-16-20(15-18(21)25-10-6-3-7-11-25)30-19-9-5-4-8-17(19)23-22(16)26/h4-5,8-9,14-15H,3,6-7,10-13H2,1-2H3,(H,23,26). The molecule has 8 nitrogen and oxygen atoms in total. The van der Waals surface area contributed by atoms with Crippen LogP contribution in [0.2, 0.25) is 0 Å². The summed E-state index contributed by atoms with van der Waals surface area (Å²) >= 11 is 0. The van der Waals surface area contributed by atoms with E-state index in [9.17, 15) is 13.2 Å². The molecule has 0 spiro atoms. The Morgan fingerprint density at radius 2 is 1.87 bits per heavy atom. The van der Waals surface area contributed by atoms with Crippen LogP contribution in [0.25, 0.3) is 0 Å². The summed E-state index contributed by atoms with van der Waals surface area (Å²) in [5.41, 5.74) is 1.30. The van der Waals surface area contributed by atoms with Gasteiger partial charge in [-0.25, -0.2) is 8.42 Å². The highest BCUT2D eigenvalue weighted by Crippen LogP contribution is 2.41. The Labute approximate surface area is 182 Å². The summed E-state index contributed by atoms with van der Waals surface area (Å²) < 4.78 is 39.3. The Kier molecular flexibility index (Phi) is 6.17. The molecule has 1 amide bonds. The number of methoxy groups -OCH3 is 1. The van der Waals surface area contributed by atoms with Gasteiger partial charge < -0.3 is 19.7 Å². The Morgan fingerprint density at radius 1 is 1.13 bits per heavy atom. The highest BCUT2D eigenvalue weighted by atomic mass is 32.2. The first kappa shape index (κ1) is 21.6. The summed E-state index contributed by atoms with van der Waals surface area (Å²) in [6.07, 6.45) is 3.09. The molecule has 1 fully saturated rings. The van der Waals surface area contributed by atoms with Crippen LogP contribution < -0.4 is 15.0 Å². The highest BCUT2D eigenvalue weighted by Gasteiger charge is 2.31. The van der Waals surface area contributed by atoms with E-state index < -0.39 is 15.9 Å². The first-order chi connectivity index (χ1) is 14.9. The zero-order valence-corrected chi connectivity index (χ0v) is 18.6. The molecule has 0 unspecified atom stereocenters. The average molecular weight is 446 g/mol. The minimum Gasteiger partial charge on any atom is -0.454 e. The maximum atomic E-state index is 13.5. The van der Waals surface area contributed by atoms with Gasteiger partial charge in [0.05, 0.1) is 23.5 Å². The van der Waals surface area contributed by atoms with Gasteiger partial charge in [0.25, 0.3) is 5.91 Å². The Hall–Kier alpha value is -2.62. The lowest BCUT2D eigenvalue weighted by atomic mass is 10.1. The highest BCUT2D eigenvalue weighted by molar-refractivity contribution is 7.89. The number of sulfonamides is 1. The van der Waals surface area contributed by atoms with Crippen LogP contribution in [0.15, 0.2) is 41.3 Å². The molecule has 2 heterocycles. The van der Waals surface area contributed by atoms with E-state index in [0.29, 0.717) is 22.9 Å². The fraction of sp³-hybridized carbons (Fsp3) is 0.409. The second kappa shape index (κ2) is 8.86. The van der Waals surface area contributed by atoms with Gasteiger partial charge in [-0.2, -0.15) is 4.31 Å². The predicted octanol–water partition coefficient (Wildman–Crippen LogP) is 3.30. The lowest BCUT2D eigenvalue weighted by Gasteiger charge is -2.32. The van der Waals surface area contributed by atoms with Crippen LogP contribution in [0.5, 0.6) is 11.5 Å². The predicted molar refractivity (Wildman–Crippen MR) is 119 cm³/mol. The van der Waals surface area contributed by atoms with Gasteiger partial charge in [-0.05, 0) is 37.5 Å². The molecule has 0 saturated carbocycles. The zero-order chi connectivity index (χ0) is 22.0. The molecule has 2 aromatic rings. The van der Waals surface area contributed by atoms with E-state index >= 15 is 0 Å². The molecule has 2 aliphatic heterocycles. The van der Waals surface area contributed by atoms with Crippen molar-refractivity contribution in [2.75, 3.05) is 50.6 Å². The van der Waals surface area contributed by atoms with Crippen molar-refractivity contribution in [3.63, 3.8) is 0 Å². The number of rotatable bonds is 6. The number of hydrogen-bond donors (Lipinski definition) is 1. The molecular weight excluding hydrogens is 418 g/mol. The van der Waals surface area contributed by atoms with E-state index in [1.54, 1.807) is 24.3 Å². The van der Waals surface area contributed by atoms with Crippen molar-refractivity contribution in [2.45, 2.75) is 24.2 Å². The number of likely N-dealkylation sites (N-methyl/N-ethyl adjacent to an activating group) is 1. The van der Waals surface area contributed by atoms with Gasteiger partial charge in [0.15, 0.2) is 5.75 Å². The summed E-state index contributed by atoms with van der Waals surface area (Å²) in [7, 11) is -0.802. The van der Waals surface area contributed by atoms with Crippen molar-refractivity contribution < 1.29 is 22.7 Å². The summed E-state index contributed by atoms with van der Waals surface area (Å²) in [6.45, 7) is 2.00. The van der Waals surface area contributed by atoms with Crippen molar-refractivity contribution in [3.8, 4) is 11.5 Å². The number of hydrogen-bond acceptors (Lipinski definition) is 6. The van der Waals surface area contributed by atoms with Crippen molar-refractivity contribution >= 4 is 27.3 Å². The molecule has 31 heavy (non-hydrogen) atoms. The second-order valence-electron chi connectivity index (χ2n) is 7.74.